The first-order valence-corrected chi connectivity index (χ1v) is 11.5. The normalized spacial score (nSPS) is 14.5. The Morgan fingerprint density at radius 2 is 1.96 bits per heavy atom. The Morgan fingerprint density at radius 1 is 1.18 bits per heavy atom. The number of benzene rings is 2. The minimum absolute atomic E-state index is 0.207. The number of carbonyl (C=O) groups excluding carboxylic acids is 1. The highest BCUT2D eigenvalue weighted by Gasteiger charge is 2.36. The van der Waals surface area contributed by atoms with E-state index in [2.05, 4.69) is 10.3 Å². The van der Waals surface area contributed by atoms with Crippen LogP contribution in [0.4, 0.5) is 5.69 Å². The Labute approximate surface area is 168 Å². The number of aryl methyl sites for hydroxylation is 2. The number of rotatable bonds is 7. The lowest BCUT2D eigenvalue weighted by molar-refractivity contribution is -0.119. The van der Waals surface area contributed by atoms with E-state index >= 15 is 0 Å². The van der Waals surface area contributed by atoms with E-state index in [1.807, 2.05) is 30.5 Å². The topological polar surface area (TPSA) is 79.4 Å². The zero-order chi connectivity index (χ0) is 19.7. The molecule has 1 aliphatic heterocycles. The van der Waals surface area contributed by atoms with Crippen LogP contribution in [0.5, 0.6) is 0 Å². The van der Waals surface area contributed by atoms with Crippen LogP contribution in [0.25, 0.3) is 10.8 Å². The Kier molecular flexibility index (Phi) is 5.07. The standard InChI is InChI=1S/C20H21N3O3S2/c1-14-13-27-19(22-14)10-2-3-11-21-18(24)12-23-16-8-4-6-15-7-5-9-17(20(15)16)28(23,25)26/h4-9,13H,2-3,10-12H2,1H3,(H,21,24). The summed E-state index contributed by atoms with van der Waals surface area (Å²) < 4.78 is 27.0. The summed E-state index contributed by atoms with van der Waals surface area (Å²) in [4.78, 5) is 17.1. The van der Waals surface area contributed by atoms with Crippen molar-refractivity contribution in [2.24, 2.45) is 0 Å². The summed E-state index contributed by atoms with van der Waals surface area (Å²) in [6.45, 7) is 2.29. The largest absolute Gasteiger partial charge is 0.355 e. The zero-order valence-corrected chi connectivity index (χ0v) is 17.1. The van der Waals surface area contributed by atoms with Gasteiger partial charge in [-0.2, -0.15) is 0 Å². The number of unbranched alkanes of at least 4 members (excludes halogenated alkanes) is 1. The molecule has 1 aromatic heterocycles. The summed E-state index contributed by atoms with van der Waals surface area (Å²) in [5.74, 6) is -0.293. The molecule has 0 spiro atoms. The first-order valence-electron chi connectivity index (χ1n) is 9.19. The molecule has 0 aliphatic carbocycles. The predicted molar refractivity (Wildman–Crippen MR) is 111 cm³/mol. The molecule has 3 aromatic rings. The third-order valence-electron chi connectivity index (χ3n) is 4.77. The van der Waals surface area contributed by atoms with Gasteiger partial charge in [0.05, 0.1) is 15.6 Å². The van der Waals surface area contributed by atoms with Gasteiger partial charge in [0.15, 0.2) is 0 Å². The van der Waals surface area contributed by atoms with Gasteiger partial charge in [0, 0.05) is 23.0 Å². The van der Waals surface area contributed by atoms with E-state index in [0.29, 0.717) is 17.6 Å². The molecule has 2 aromatic carbocycles. The molecule has 28 heavy (non-hydrogen) atoms. The monoisotopic (exact) mass is 415 g/mol. The maximum atomic E-state index is 12.9. The second-order valence-electron chi connectivity index (χ2n) is 6.83. The molecular formula is C20H21N3O3S2. The molecule has 0 unspecified atom stereocenters. The van der Waals surface area contributed by atoms with Gasteiger partial charge in [-0.15, -0.1) is 11.3 Å². The molecule has 4 rings (SSSR count). The van der Waals surface area contributed by atoms with Crippen LogP contribution in [0.3, 0.4) is 0 Å². The first-order chi connectivity index (χ1) is 13.5. The quantitative estimate of drug-likeness (QED) is 0.601. The van der Waals surface area contributed by atoms with E-state index in [9.17, 15) is 13.2 Å². The number of hydrogen-bond donors (Lipinski definition) is 1. The van der Waals surface area contributed by atoms with Gasteiger partial charge in [0.25, 0.3) is 10.0 Å². The molecule has 0 fully saturated rings. The Bertz CT molecular complexity index is 1130. The number of aromatic nitrogens is 1. The van der Waals surface area contributed by atoms with Crippen LogP contribution in [0.1, 0.15) is 23.5 Å². The maximum Gasteiger partial charge on any atom is 0.265 e. The van der Waals surface area contributed by atoms with E-state index in [1.54, 1.807) is 29.5 Å². The van der Waals surface area contributed by atoms with Crippen LogP contribution in [-0.2, 0) is 21.2 Å². The number of carbonyl (C=O) groups is 1. The maximum absolute atomic E-state index is 12.9. The van der Waals surface area contributed by atoms with Crippen molar-refractivity contribution in [2.45, 2.75) is 31.1 Å². The van der Waals surface area contributed by atoms with E-state index in [4.69, 9.17) is 0 Å². The zero-order valence-electron chi connectivity index (χ0n) is 15.5. The molecule has 1 aliphatic rings. The van der Waals surface area contributed by atoms with E-state index in [1.165, 1.54) is 4.31 Å². The molecule has 146 valence electrons. The van der Waals surface area contributed by atoms with Crippen LogP contribution in [0.15, 0.2) is 46.7 Å². The van der Waals surface area contributed by atoms with E-state index < -0.39 is 10.0 Å². The van der Waals surface area contributed by atoms with Gasteiger partial charge in [-0.25, -0.2) is 13.4 Å². The fourth-order valence-corrected chi connectivity index (χ4v) is 5.95. The summed E-state index contributed by atoms with van der Waals surface area (Å²) in [6.07, 6.45) is 2.65. The van der Waals surface area contributed by atoms with Gasteiger partial charge in [0.1, 0.15) is 6.54 Å². The van der Waals surface area contributed by atoms with Crippen molar-refractivity contribution in [3.63, 3.8) is 0 Å². The highest BCUT2D eigenvalue weighted by Crippen LogP contribution is 2.41. The number of thiazole rings is 1. The fraction of sp³-hybridized carbons (Fsp3) is 0.300. The van der Waals surface area contributed by atoms with Crippen LogP contribution in [0.2, 0.25) is 0 Å². The lowest BCUT2D eigenvalue weighted by Gasteiger charge is -2.18. The summed E-state index contributed by atoms with van der Waals surface area (Å²) in [7, 11) is -3.70. The second-order valence-corrected chi connectivity index (χ2v) is 9.61. The molecule has 0 atom stereocenters. The third-order valence-corrected chi connectivity index (χ3v) is 7.60. The van der Waals surface area contributed by atoms with Gasteiger partial charge in [-0.3, -0.25) is 9.10 Å². The lowest BCUT2D eigenvalue weighted by atomic mass is 10.1. The SMILES string of the molecule is Cc1csc(CCCCNC(=O)CN2c3cccc4cccc(c34)S2(=O)=O)n1. The molecule has 0 saturated heterocycles. The minimum atomic E-state index is -3.70. The van der Waals surface area contributed by atoms with Gasteiger partial charge < -0.3 is 5.32 Å². The van der Waals surface area contributed by atoms with Crippen molar-refractivity contribution in [2.75, 3.05) is 17.4 Å². The Morgan fingerprint density at radius 3 is 2.71 bits per heavy atom. The first kappa shape index (κ1) is 18.9. The predicted octanol–water partition coefficient (Wildman–Crippen LogP) is 3.25. The smallest absolute Gasteiger partial charge is 0.265 e. The van der Waals surface area contributed by atoms with Crippen molar-refractivity contribution in [3.8, 4) is 0 Å². The van der Waals surface area contributed by atoms with Crippen LogP contribution in [0, 0.1) is 6.92 Å². The summed E-state index contributed by atoms with van der Waals surface area (Å²) in [5.41, 5.74) is 1.61. The van der Waals surface area contributed by atoms with Gasteiger partial charge >= 0.3 is 0 Å². The minimum Gasteiger partial charge on any atom is -0.355 e. The number of sulfonamides is 1. The highest BCUT2D eigenvalue weighted by atomic mass is 32.2. The average Bonchev–Trinajstić information content (AvgIpc) is 3.18. The molecular weight excluding hydrogens is 394 g/mol. The summed E-state index contributed by atoms with van der Waals surface area (Å²) in [6, 6.07) is 10.6. The Hall–Kier alpha value is -2.45. The second kappa shape index (κ2) is 7.52. The van der Waals surface area contributed by atoms with Gasteiger partial charge in [-0.05, 0) is 43.7 Å². The van der Waals surface area contributed by atoms with Crippen molar-refractivity contribution in [3.05, 3.63) is 52.5 Å². The van der Waals surface area contributed by atoms with E-state index in [0.717, 1.165) is 35.4 Å². The van der Waals surface area contributed by atoms with Crippen molar-refractivity contribution in [1.82, 2.24) is 10.3 Å². The van der Waals surface area contributed by atoms with E-state index in [-0.39, 0.29) is 17.3 Å². The number of anilines is 1. The molecule has 8 heteroatoms. The number of nitrogens with one attached hydrogen (secondary N) is 1. The molecule has 1 N–H and O–H groups in total. The molecule has 0 bridgehead atoms. The summed E-state index contributed by atoms with van der Waals surface area (Å²) >= 11 is 1.65. The fourth-order valence-electron chi connectivity index (χ4n) is 3.46. The Balaban J connectivity index is 1.35. The third kappa shape index (κ3) is 3.49. The molecule has 1 amide bonds. The van der Waals surface area contributed by atoms with Crippen LogP contribution < -0.4 is 9.62 Å². The van der Waals surface area contributed by atoms with Crippen molar-refractivity contribution < 1.29 is 13.2 Å². The summed E-state index contributed by atoms with van der Waals surface area (Å²) in [5, 5.41) is 7.53. The van der Waals surface area contributed by atoms with Crippen LogP contribution in [-0.4, -0.2) is 32.4 Å². The number of hydrogen-bond acceptors (Lipinski definition) is 5. The van der Waals surface area contributed by atoms with Crippen molar-refractivity contribution in [1.29, 1.82) is 0 Å². The lowest BCUT2D eigenvalue weighted by Crippen LogP contribution is -2.39. The highest BCUT2D eigenvalue weighted by molar-refractivity contribution is 7.93. The van der Waals surface area contributed by atoms with Crippen LogP contribution >= 0.6 is 11.3 Å². The average molecular weight is 416 g/mol. The molecule has 0 saturated carbocycles. The number of amides is 1. The van der Waals surface area contributed by atoms with Gasteiger partial charge in [-0.1, -0.05) is 24.3 Å². The molecule has 6 nitrogen and oxygen atoms in total. The molecule has 0 radical (unpaired) electrons. The van der Waals surface area contributed by atoms with Crippen molar-refractivity contribution >= 4 is 43.7 Å². The number of nitrogens with zero attached hydrogens (tertiary/aromatic N) is 2. The van der Waals surface area contributed by atoms with Gasteiger partial charge in [0.2, 0.25) is 5.91 Å². The molecule has 2 heterocycles.